The molecule has 0 saturated carbocycles. The van der Waals surface area contributed by atoms with Gasteiger partial charge in [0, 0.05) is 0 Å². The van der Waals surface area contributed by atoms with E-state index < -0.39 is 6.10 Å². The van der Waals surface area contributed by atoms with Crippen molar-refractivity contribution in [3.63, 3.8) is 0 Å². The molecule has 1 N–H and O–H groups in total. The SMILES string of the molecule is N#CC(CCc1ccccc1)OCCO. The first-order valence-corrected chi connectivity index (χ1v) is 5.03. The highest BCUT2D eigenvalue weighted by Gasteiger charge is 2.06. The highest BCUT2D eigenvalue weighted by Crippen LogP contribution is 2.06. The zero-order chi connectivity index (χ0) is 10.9. The molecule has 3 nitrogen and oxygen atoms in total. The van der Waals surface area contributed by atoms with Crippen LogP contribution in [-0.4, -0.2) is 24.4 Å². The lowest BCUT2D eigenvalue weighted by Gasteiger charge is -2.09. The van der Waals surface area contributed by atoms with E-state index in [2.05, 4.69) is 6.07 Å². The van der Waals surface area contributed by atoms with Gasteiger partial charge in [-0.1, -0.05) is 30.3 Å². The van der Waals surface area contributed by atoms with Gasteiger partial charge < -0.3 is 9.84 Å². The van der Waals surface area contributed by atoms with E-state index in [1.807, 2.05) is 30.3 Å². The molecule has 0 radical (unpaired) electrons. The number of aryl methyl sites for hydroxylation is 1. The van der Waals surface area contributed by atoms with E-state index in [0.29, 0.717) is 6.42 Å². The molecule has 0 aliphatic carbocycles. The maximum atomic E-state index is 8.77. The number of ether oxygens (including phenoxy) is 1. The van der Waals surface area contributed by atoms with Gasteiger partial charge >= 0.3 is 0 Å². The van der Waals surface area contributed by atoms with E-state index in [9.17, 15) is 0 Å². The van der Waals surface area contributed by atoms with Crippen LogP contribution in [0.1, 0.15) is 12.0 Å². The molecule has 15 heavy (non-hydrogen) atoms. The lowest BCUT2D eigenvalue weighted by molar-refractivity contribution is 0.0544. The molecule has 0 aliphatic heterocycles. The van der Waals surface area contributed by atoms with Crippen LogP contribution in [0.4, 0.5) is 0 Å². The van der Waals surface area contributed by atoms with E-state index in [1.54, 1.807) is 0 Å². The Labute approximate surface area is 89.9 Å². The first-order valence-electron chi connectivity index (χ1n) is 5.03. The number of rotatable bonds is 6. The quantitative estimate of drug-likeness (QED) is 0.766. The summed E-state index contributed by atoms with van der Waals surface area (Å²) in [7, 11) is 0. The van der Waals surface area contributed by atoms with E-state index >= 15 is 0 Å². The van der Waals surface area contributed by atoms with Gasteiger partial charge in [0.2, 0.25) is 0 Å². The Morgan fingerprint density at radius 1 is 1.33 bits per heavy atom. The van der Waals surface area contributed by atoms with Crippen LogP contribution in [0.2, 0.25) is 0 Å². The molecule has 3 heteroatoms. The molecule has 0 heterocycles. The molecule has 0 aromatic heterocycles. The standard InChI is InChI=1S/C12H15NO2/c13-10-12(15-9-8-14)7-6-11-4-2-1-3-5-11/h1-5,12,14H,6-9H2. The van der Waals surface area contributed by atoms with Gasteiger partial charge in [-0.3, -0.25) is 0 Å². The van der Waals surface area contributed by atoms with Crippen molar-refractivity contribution < 1.29 is 9.84 Å². The van der Waals surface area contributed by atoms with Gasteiger partial charge in [0.1, 0.15) is 6.10 Å². The Morgan fingerprint density at radius 2 is 2.07 bits per heavy atom. The van der Waals surface area contributed by atoms with Crippen LogP contribution in [-0.2, 0) is 11.2 Å². The second-order valence-corrected chi connectivity index (χ2v) is 3.24. The van der Waals surface area contributed by atoms with Crippen LogP contribution in [0, 0.1) is 11.3 Å². The third-order valence-electron chi connectivity index (χ3n) is 2.09. The Bertz CT molecular complexity index is 305. The number of hydrogen-bond donors (Lipinski definition) is 1. The summed E-state index contributed by atoms with van der Waals surface area (Å²) in [6.07, 6.45) is 1.07. The monoisotopic (exact) mass is 205 g/mol. The molecular weight excluding hydrogens is 190 g/mol. The number of benzene rings is 1. The van der Waals surface area contributed by atoms with Crippen LogP contribution in [0.15, 0.2) is 30.3 Å². The van der Waals surface area contributed by atoms with Gasteiger partial charge in [0.15, 0.2) is 0 Å². The average Bonchev–Trinajstić information content (AvgIpc) is 2.31. The fourth-order valence-corrected chi connectivity index (χ4v) is 1.32. The second-order valence-electron chi connectivity index (χ2n) is 3.24. The van der Waals surface area contributed by atoms with Crippen molar-refractivity contribution in [2.75, 3.05) is 13.2 Å². The fraction of sp³-hybridized carbons (Fsp3) is 0.417. The molecule has 1 unspecified atom stereocenters. The predicted molar refractivity (Wildman–Crippen MR) is 57.2 cm³/mol. The average molecular weight is 205 g/mol. The van der Waals surface area contributed by atoms with E-state index in [1.165, 1.54) is 5.56 Å². The zero-order valence-electron chi connectivity index (χ0n) is 8.60. The molecule has 0 bridgehead atoms. The largest absolute Gasteiger partial charge is 0.394 e. The number of aliphatic hydroxyl groups is 1. The Balaban J connectivity index is 2.32. The Morgan fingerprint density at radius 3 is 2.67 bits per heavy atom. The summed E-state index contributed by atoms with van der Waals surface area (Å²) in [5.74, 6) is 0. The summed E-state index contributed by atoms with van der Waals surface area (Å²) in [6, 6.07) is 12.1. The summed E-state index contributed by atoms with van der Waals surface area (Å²) >= 11 is 0. The summed E-state index contributed by atoms with van der Waals surface area (Å²) in [6.45, 7) is 0.191. The smallest absolute Gasteiger partial charge is 0.144 e. The second kappa shape index (κ2) is 6.99. The summed E-state index contributed by atoms with van der Waals surface area (Å²) in [5, 5.41) is 17.3. The van der Waals surface area contributed by atoms with Gasteiger partial charge in [0.05, 0.1) is 19.3 Å². The van der Waals surface area contributed by atoms with Gasteiger partial charge in [-0.15, -0.1) is 0 Å². The molecule has 1 aromatic carbocycles. The van der Waals surface area contributed by atoms with Crippen LogP contribution in [0.3, 0.4) is 0 Å². The van der Waals surface area contributed by atoms with Crippen molar-refractivity contribution in [1.29, 1.82) is 5.26 Å². The summed E-state index contributed by atoms with van der Waals surface area (Å²) in [4.78, 5) is 0. The molecule has 0 amide bonds. The van der Waals surface area contributed by atoms with Crippen LogP contribution < -0.4 is 0 Å². The number of nitriles is 1. The number of hydrogen-bond acceptors (Lipinski definition) is 3. The molecule has 0 saturated heterocycles. The molecule has 80 valence electrons. The topological polar surface area (TPSA) is 53.2 Å². The Hall–Kier alpha value is -1.37. The molecular formula is C12H15NO2. The first-order chi connectivity index (χ1) is 7.36. The van der Waals surface area contributed by atoms with Crippen molar-refractivity contribution in [1.82, 2.24) is 0 Å². The van der Waals surface area contributed by atoms with E-state index in [4.69, 9.17) is 15.1 Å². The molecule has 1 atom stereocenters. The van der Waals surface area contributed by atoms with Crippen molar-refractivity contribution in [2.24, 2.45) is 0 Å². The lowest BCUT2D eigenvalue weighted by Crippen LogP contribution is -2.14. The van der Waals surface area contributed by atoms with E-state index in [0.717, 1.165) is 6.42 Å². The van der Waals surface area contributed by atoms with Crippen molar-refractivity contribution in [3.05, 3.63) is 35.9 Å². The number of nitrogens with zero attached hydrogens (tertiary/aromatic N) is 1. The van der Waals surface area contributed by atoms with Crippen LogP contribution in [0.25, 0.3) is 0 Å². The Kier molecular flexibility index (Phi) is 5.46. The van der Waals surface area contributed by atoms with Crippen LogP contribution in [0.5, 0.6) is 0 Å². The predicted octanol–water partition coefficient (Wildman–Crippen LogP) is 1.52. The molecule has 1 rings (SSSR count). The van der Waals surface area contributed by atoms with Gasteiger partial charge in [-0.25, -0.2) is 0 Å². The van der Waals surface area contributed by atoms with Gasteiger partial charge in [0.25, 0.3) is 0 Å². The van der Waals surface area contributed by atoms with Crippen LogP contribution >= 0.6 is 0 Å². The zero-order valence-corrected chi connectivity index (χ0v) is 8.60. The number of aliphatic hydroxyl groups excluding tert-OH is 1. The minimum absolute atomic E-state index is 0.0382. The highest BCUT2D eigenvalue weighted by molar-refractivity contribution is 5.15. The molecule has 1 aromatic rings. The minimum Gasteiger partial charge on any atom is -0.394 e. The van der Waals surface area contributed by atoms with Crippen molar-refractivity contribution >= 4 is 0 Å². The highest BCUT2D eigenvalue weighted by atomic mass is 16.5. The van der Waals surface area contributed by atoms with Gasteiger partial charge in [-0.05, 0) is 18.4 Å². The third-order valence-corrected chi connectivity index (χ3v) is 2.09. The normalized spacial score (nSPS) is 12.0. The lowest BCUT2D eigenvalue weighted by atomic mass is 10.1. The summed E-state index contributed by atoms with van der Waals surface area (Å²) < 4.78 is 5.15. The van der Waals surface area contributed by atoms with Crippen molar-refractivity contribution in [3.8, 4) is 6.07 Å². The third kappa shape index (κ3) is 4.59. The summed E-state index contributed by atoms with van der Waals surface area (Å²) in [5.41, 5.74) is 1.20. The maximum Gasteiger partial charge on any atom is 0.144 e. The van der Waals surface area contributed by atoms with Crippen molar-refractivity contribution in [2.45, 2.75) is 18.9 Å². The maximum absolute atomic E-state index is 8.77. The van der Waals surface area contributed by atoms with E-state index in [-0.39, 0.29) is 13.2 Å². The fourth-order valence-electron chi connectivity index (χ4n) is 1.32. The molecule has 0 aliphatic rings. The molecule has 0 fully saturated rings. The first kappa shape index (κ1) is 11.7. The minimum atomic E-state index is -0.419. The molecule has 0 spiro atoms. The van der Waals surface area contributed by atoms with Gasteiger partial charge in [-0.2, -0.15) is 5.26 Å².